The maximum atomic E-state index is 13.3. The molecule has 0 N–H and O–H groups in total. The number of carbonyl (C=O) groups is 2. The van der Waals surface area contributed by atoms with Crippen molar-refractivity contribution in [3.63, 3.8) is 0 Å². The van der Waals surface area contributed by atoms with E-state index in [2.05, 4.69) is 48.1 Å². The predicted octanol–water partition coefficient (Wildman–Crippen LogP) is 7.65. The van der Waals surface area contributed by atoms with Crippen molar-refractivity contribution < 1.29 is 19.1 Å². The molecular formula is C33H50O4. The second-order valence-electron chi connectivity index (χ2n) is 16.0. The second kappa shape index (κ2) is 8.10. The lowest BCUT2D eigenvalue weighted by molar-refractivity contribution is -0.201. The van der Waals surface area contributed by atoms with Crippen LogP contribution in [0, 0.1) is 50.7 Å². The van der Waals surface area contributed by atoms with Crippen molar-refractivity contribution in [2.75, 3.05) is 0 Å². The third-order valence-corrected chi connectivity index (χ3v) is 13.9. The Kier molecular flexibility index (Phi) is 5.68. The molecule has 6 saturated carbocycles. The summed E-state index contributed by atoms with van der Waals surface area (Å²) in [6, 6.07) is 0. The Morgan fingerprint density at radius 2 is 1.59 bits per heavy atom. The zero-order chi connectivity index (χ0) is 26.6. The van der Waals surface area contributed by atoms with Gasteiger partial charge in [-0.3, -0.25) is 9.59 Å². The maximum Gasteiger partial charge on any atom is 0.317 e. The Hall–Kier alpha value is -1.32. The van der Waals surface area contributed by atoms with E-state index in [4.69, 9.17) is 9.47 Å². The van der Waals surface area contributed by atoms with Crippen molar-refractivity contribution >= 4 is 11.9 Å². The zero-order valence-corrected chi connectivity index (χ0v) is 24.3. The predicted molar refractivity (Wildman–Crippen MR) is 144 cm³/mol. The molecule has 0 radical (unpaired) electrons. The van der Waals surface area contributed by atoms with Crippen molar-refractivity contribution in [3.8, 4) is 0 Å². The lowest BCUT2D eigenvalue weighted by Crippen LogP contribution is -2.60. The van der Waals surface area contributed by atoms with Crippen molar-refractivity contribution in [2.45, 2.75) is 131 Å². The van der Waals surface area contributed by atoms with Crippen molar-refractivity contribution in [1.29, 1.82) is 0 Å². The maximum absolute atomic E-state index is 13.3. The topological polar surface area (TPSA) is 52.6 Å². The molecule has 0 aromatic rings. The van der Waals surface area contributed by atoms with Gasteiger partial charge in [-0.05, 0) is 97.7 Å². The number of hydrogen-bond acceptors (Lipinski definition) is 4. The van der Waals surface area contributed by atoms with Crippen molar-refractivity contribution in [3.05, 3.63) is 12.2 Å². The SMILES string of the molecule is C=C1CC23CCC4C(C)(C)CCCC4(C)C2CCC1C3OC(=O)CC(=O)OC1CC2(C)CCC1C2(C)C. The van der Waals surface area contributed by atoms with Crippen LogP contribution in [0.1, 0.15) is 119 Å². The average molecular weight is 511 g/mol. The van der Waals surface area contributed by atoms with Gasteiger partial charge in [0.1, 0.15) is 18.6 Å². The Labute approximate surface area is 224 Å². The van der Waals surface area contributed by atoms with E-state index in [-0.39, 0.29) is 46.8 Å². The molecule has 6 aliphatic rings. The lowest BCUT2D eigenvalue weighted by Gasteiger charge is -2.64. The summed E-state index contributed by atoms with van der Waals surface area (Å²) in [5, 5.41) is 0. The van der Waals surface area contributed by atoms with Crippen LogP contribution in [0.25, 0.3) is 0 Å². The molecule has 0 aliphatic heterocycles. The van der Waals surface area contributed by atoms with Crippen LogP contribution >= 0.6 is 0 Å². The van der Waals surface area contributed by atoms with Crippen LogP contribution in [0.2, 0.25) is 0 Å². The van der Waals surface area contributed by atoms with E-state index in [1.165, 1.54) is 44.1 Å². The lowest BCUT2D eigenvalue weighted by atomic mass is 9.41. The van der Waals surface area contributed by atoms with Crippen LogP contribution < -0.4 is 0 Å². The third kappa shape index (κ3) is 3.51. The van der Waals surface area contributed by atoms with Gasteiger partial charge in [0.15, 0.2) is 0 Å². The van der Waals surface area contributed by atoms with Crippen LogP contribution in [0.15, 0.2) is 12.2 Å². The highest BCUT2D eigenvalue weighted by molar-refractivity contribution is 5.91. The van der Waals surface area contributed by atoms with E-state index in [1.54, 1.807) is 0 Å². The summed E-state index contributed by atoms with van der Waals surface area (Å²) in [5.41, 5.74) is 2.35. The van der Waals surface area contributed by atoms with Crippen LogP contribution in [-0.2, 0) is 19.1 Å². The van der Waals surface area contributed by atoms with E-state index in [0.29, 0.717) is 22.7 Å². The minimum Gasteiger partial charge on any atom is -0.462 e. The van der Waals surface area contributed by atoms with E-state index in [0.717, 1.165) is 38.0 Å². The molecule has 6 aliphatic carbocycles. The van der Waals surface area contributed by atoms with Gasteiger partial charge >= 0.3 is 11.9 Å². The molecule has 9 atom stereocenters. The van der Waals surface area contributed by atoms with Crippen molar-refractivity contribution in [1.82, 2.24) is 0 Å². The Bertz CT molecular complexity index is 1010. The molecule has 6 fully saturated rings. The molecule has 9 unspecified atom stereocenters. The van der Waals surface area contributed by atoms with Gasteiger partial charge in [0, 0.05) is 17.3 Å². The Balaban J connectivity index is 1.16. The number of fused-ring (bicyclic) bond motifs is 5. The molecule has 37 heavy (non-hydrogen) atoms. The Morgan fingerprint density at radius 1 is 0.865 bits per heavy atom. The second-order valence-corrected chi connectivity index (χ2v) is 16.0. The molecule has 0 amide bonds. The fourth-order valence-corrected chi connectivity index (χ4v) is 11.7. The fourth-order valence-electron chi connectivity index (χ4n) is 11.7. The largest absolute Gasteiger partial charge is 0.462 e. The quantitative estimate of drug-likeness (QED) is 0.221. The van der Waals surface area contributed by atoms with Gasteiger partial charge in [-0.15, -0.1) is 0 Å². The minimum atomic E-state index is -0.400. The first kappa shape index (κ1) is 25.9. The highest BCUT2D eigenvalue weighted by Crippen LogP contribution is 2.72. The van der Waals surface area contributed by atoms with Gasteiger partial charge in [0.05, 0.1) is 0 Å². The molecule has 4 heteroatoms. The number of hydrogen-bond donors (Lipinski definition) is 0. The van der Waals surface area contributed by atoms with E-state index < -0.39 is 5.97 Å². The summed E-state index contributed by atoms with van der Waals surface area (Å²) in [6.45, 7) is 19.0. The van der Waals surface area contributed by atoms with Crippen molar-refractivity contribution in [2.24, 2.45) is 50.7 Å². The zero-order valence-electron chi connectivity index (χ0n) is 24.3. The summed E-state index contributed by atoms with van der Waals surface area (Å²) in [6.07, 6.45) is 12.3. The molecule has 4 bridgehead atoms. The van der Waals surface area contributed by atoms with Gasteiger partial charge in [0.2, 0.25) is 0 Å². The standard InChI is InChI=1S/C33H50O4/c1-20-18-33-16-12-24-29(2,3)13-8-14-32(24,7)25(33)10-9-21(20)28(33)37-27(35)17-26(34)36-23-19-31(6)15-11-22(23)30(31,4)5/h21-25,28H,1,8-19H2,2-7H3. The summed E-state index contributed by atoms with van der Waals surface area (Å²) in [7, 11) is 0. The summed E-state index contributed by atoms with van der Waals surface area (Å²) >= 11 is 0. The van der Waals surface area contributed by atoms with E-state index in [1.807, 2.05) is 0 Å². The molecule has 6 rings (SSSR count). The molecule has 0 aromatic carbocycles. The first-order valence-corrected chi connectivity index (χ1v) is 15.3. The third-order valence-electron chi connectivity index (χ3n) is 13.9. The van der Waals surface area contributed by atoms with Gasteiger partial charge in [-0.1, -0.05) is 60.1 Å². The molecule has 4 nitrogen and oxygen atoms in total. The van der Waals surface area contributed by atoms with E-state index in [9.17, 15) is 9.59 Å². The summed E-state index contributed by atoms with van der Waals surface area (Å²) in [5.74, 6) is 1.15. The van der Waals surface area contributed by atoms with Gasteiger partial charge in [-0.25, -0.2) is 0 Å². The monoisotopic (exact) mass is 510 g/mol. The van der Waals surface area contributed by atoms with Gasteiger partial charge in [0.25, 0.3) is 0 Å². The fraction of sp³-hybridized carbons (Fsp3) is 0.879. The first-order chi connectivity index (χ1) is 17.2. The van der Waals surface area contributed by atoms with E-state index >= 15 is 0 Å². The number of esters is 2. The van der Waals surface area contributed by atoms with Gasteiger partial charge in [-0.2, -0.15) is 0 Å². The number of ether oxygens (including phenoxy) is 2. The molecule has 0 aromatic heterocycles. The van der Waals surface area contributed by atoms with Crippen LogP contribution in [0.3, 0.4) is 0 Å². The molecule has 0 heterocycles. The smallest absolute Gasteiger partial charge is 0.317 e. The molecule has 1 spiro atoms. The first-order valence-electron chi connectivity index (χ1n) is 15.3. The summed E-state index contributed by atoms with van der Waals surface area (Å²) in [4.78, 5) is 26.2. The van der Waals surface area contributed by atoms with Gasteiger partial charge < -0.3 is 9.47 Å². The minimum absolute atomic E-state index is 0.00144. The number of rotatable bonds is 4. The van der Waals surface area contributed by atoms with Crippen LogP contribution in [0.5, 0.6) is 0 Å². The number of carbonyl (C=O) groups excluding carboxylic acids is 2. The van der Waals surface area contributed by atoms with Crippen LogP contribution in [0.4, 0.5) is 0 Å². The normalized spacial score (nSPS) is 48.8. The molecule has 0 saturated heterocycles. The Morgan fingerprint density at radius 3 is 2.27 bits per heavy atom. The van der Waals surface area contributed by atoms with Crippen LogP contribution in [-0.4, -0.2) is 24.1 Å². The highest BCUT2D eigenvalue weighted by atomic mass is 16.6. The molecular weight excluding hydrogens is 460 g/mol. The highest BCUT2D eigenvalue weighted by Gasteiger charge is 2.68. The summed E-state index contributed by atoms with van der Waals surface area (Å²) < 4.78 is 12.3. The average Bonchev–Trinajstić information content (AvgIpc) is 3.17. The molecule has 206 valence electrons.